The Bertz CT molecular complexity index is 387. The van der Waals surface area contributed by atoms with E-state index in [9.17, 15) is 8.42 Å². The van der Waals surface area contributed by atoms with Gasteiger partial charge >= 0.3 is 0 Å². The molecular formula is C8H12N2O2S. The molecule has 5 heteroatoms. The zero-order chi connectivity index (χ0) is 9.90. The largest absolute Gasteiger partial charge is 0.397 e. The maximum atomic E-state index is 10.8. The Balaban J connectivity index is 2.71. The first-order valence-corrected chi connectivity index (χ1v) is 5.92. The highest BCUT2D eigenvalue weighted by Crippen LogP contribution is 2.07. The first kappa shape index (κ1) is 9.98. The van der Waals surface area contributed by atoms with Crippen LogP contribution in [0.15, 0.2) is 18.3 Å². The summed E-state index contributed by atoms with van der Waals surface area (Å²) >= 11 is 0. The van der Waals surface area contributed by atoms with Crippen molar-refractivity contribution < 1.29 is 8.42 Å². The molecule has 0 spiro atoms. The minimum Gasteiger partial charge on any atom is -0.397 e. The summed E-state index contributed by atoms with van der Waals surface area (Å²) in [4.78, 5) is 3.99. The number of anilines is 1. The lowest BCUT2D eigenvalue weighted by Gasteiger charge is -2.02. The number of aromatic nitrogens is 1. The average Bonchev–Trinajstić information content (AvgIpc) is 2.01. The fourth-order valence-corrected chi connectivity index (χ4v) is 1.51. The minimum atomic E-state index is -2.93. The van der Waals surface area contributed by atoms with E-state index in [0.717, 1.165) is 0 Å². The molecule has 0 saturated carbocycles. The second-order valence-electron chi connectivity index (χ2n) is 2.92. The number of aryl methyl sites for hydroxylation is 1. The van der Waals surface area contributed by atoms with Gasteiger partial charge < -0.3 is 5.73 Å². The maximum absolute atomic E-state index is 10.8. The first-order valence-electron chi connectivity index (χ1n) is 3.86. The van der Waals surface area contributed by atoms with Gasteiger partial charge in [-0.1, -0.05) is 0 Å². The molecule has 0 unspecified atom stereocenters. The fraction of sp³-hybridized carbons (Fsp3) is 0.375. The van der Waals surface area contributed by atoms with Gasteiger partial charge in [0.1, 0.15) is 9.84 Å². The number of nitrogens with two attached hydrogens (primary N) is 1. The van der Waals surface area contributed by atoms with Crippen molar-refractivity contribution in [2.24, 2.45) is 0 Å². The lowest BCUT2D eigenvalue weighted by atomic mass is 10.2. The van der Waals surface area contributed by atoms with Gasteiger partial charge in [-0.2, -0.15) is 0 Å². The van der Waals surface area contributed by atoms with Crippen LogP contribution in [0.4, 0.5) is 5.69 Å². The summed E-state index contributed by atoms with van der Waals surface area (Å²) in [5.41, 5.74) is 6.79. The van der Waals surface area contributed by atoms with Crippen LogP contribution < -0.4 is 5.73 Å². The molecule has 4 nitrogen and oxygen atoms in total. The summed E-state index contributed by atoms with van der Waals surface area (Å²) in [5.74, 6) is 0.0915. The molecule has 72 valence electrons. The summed E-state index contributed by atoms with van der Waals surface area (Å²) in [6.07, 6.45) is 3.19. The van der Waals surface area contributed by atoms with Gasteiger partial charge in [-0.15, -0.1) is 0 Å². The highest BCUT2D eigenvalue weighted by atomic mass is 32.2. The molecule has 0 aliphatic rings. The molecule has 1 heterocycles. The fourth-order valence-electron chi connectivity index (χ4n) is 0.941. The van der Waals surface area contributed by atoms with Crippen molar-refractivity contribution in [3.05, 3.63) is 24.0 Å². The van der Waals surface area contributed by atoms with E-state index in [2.05, 4.69) is 4.98 Å². The molecule has 0 aliphatic heterocycles. The molecule has 0 amide bonds. The van der Waals surface area contributed by atoms with E-state index < -0.39 is 9.84 Å². The molecular weight excluding hydrogens is 188 g/mol. The van der Waals surface area contributed by atoms with Gasteiger partial charge in [0.25, 0.3) is 0 Å². The summed E-state index contributed by atoms with van der Waals surface area (Å²) in [7, 11) is -2.93. The third kappa shape index (κ3) is 3.42. The van der Waals surface area contributed by atoms with Crippen molar-refractivity contribution in [2.45, 2.75) is 6.42 Å². The lowest BCUT2D eigenvalue weighted by Crippen LogP contribution is -2.08. The molecule has 0 bridgehead atoms. The second kappa shape index (κ2) is 3.74. The van der Waals surface area contributed by atoms with Crippen LogP contribution in [0, 0.1) is 0 Å². The SMILES string of the molecule is CS(=O)(=O)CCc1ncccc1N. The summed E-state index contributed by atoms with van der Waals surface area (Å²) in [5, 5.41) is 0. The molecule has 0 radical (unpaired) electrons. The second-order valence-corrected chi connectivity index (χ2v) is 5.18. The van der Waals surface area contributed by atoms with Gasteiger partial charge in [0.05, 0.1) is 17.1 Å². The Kier molecular flexibility index (Phi) is 2.87. The number of sulfone groups is 1. The quantitative estimate of drug-likeness (QED) is 0.759. The Morgan fingerprint density at radius 3 is 2.77 bits per heavy atom. The van der Waals surface area contributed by atoms with Crippen molar-refractivity contribution in [1.29, 1.82) is 0 Å². The molecule has 0 aliphatic carbocycles. The number of hydrogen-bond donors (Lipinski definition) is 1. The zero-order valence-electron chi connectivity index (χ0n) is 7.40. The molecule has 1 aromatic heterocycles. The monoisotopic (exact) mass is 200 g/mol. The van der Waals surface area contributed by atoms with Gasteiger partial charge in [-0.3, -0.25) is 4.98 Å². The average molecular weight is 200 g/mol. The highest BCUT2D eigenvalue weighted by molar-refractivity contribution is 7.90. The van der Waals surface area contributed by atoms with Gasteiger partial charge in [0.2, 0.25) is 0 Å². The van der Waals surface area contributed by atoms with Crippen LogP contribution in [0.1, 0.15) is 5.69 Å². The van der Waals surface area contributed by atoms with Crippen LogP contribution >= 0.6 is 0 Å². The number of nitrogen functional groups attached to an aromatic ring is 1. The van der Waals surface area contributed by atoms with Gasteiger partial charge in [0.15, 0.2) is 0 Å². The molecule has 0 fully saturated rings. The minimum absolute atomic E-state index is 0.0915. The van der Waals surface area contributed by atoms with Crippen LogP contribution in [0.2, 0.25) is 0 Å². The van der Waals surface area contributed by atoms with Gasteiger partial charge in [-0.25, -0.2) is 8.42 Å². The van der Waals surface area contributed by atoms with E-state index in [1.54, 1.807) is 18.3 Å². The third-order valence-corrected chi connectivity index (χ3v) is 2.58. The highest BCUT2D eigenvalue weighted by Gasteiger charge is 2.05. The summed E-state index contributed by atoms with van der Waals surface area (Å²) in [6, 6.07) is 3.43. The topological polar surface area (TPSA) is 73.0 Å². The standard InChI is InChI=1S/C8H12N2O2S/c1-13(11,12)6-4-8-7(9)3-2-5-10-8/h2-3,5H,4,6,9H2,1H3. The molecule has 1 aromatic rings. The van der Waals surface area contributed by atoms with E-state index in [4.69, 9.17) is 5.73 Å². The van der Waals surface area contributed by atoms with Crippen molar-refractivity contribution in [1.82, 2.24) is 4.98 Å². The summed E-state index contributed by atoms with van der Waals surface area (Å²) in [6.45, 7) is 0. The van der Waals surface area contributed by atoms with Gasteiger partial charge in [-0.05, 0) is 12.1 Å². The number of pyridine rings is 1. The lowest BCUT2D eigenvalue weighted by molar-refractivity contribution is 0.601. The van der Waals surface area contributed by atoms with E-state index in [0.29, 0.717) is 17.8 Å². The zero-order valence-corrected chi connectivity index (χ0v) is 8.21. The smallest absolute Gasteiger partial charge is 0.147 e. The molecule has 1 rings (SSSR count). The molecule has 2 N–H and O–H groups in total. The van der Waals surface area contributed by atoms with Crippen LogP contribution in [-0.4, -0.2) is 25.4 Å². The number of hydrogen-bond acceptors (Lipinski definition) is 4. The molecule has 0 aromatic carbocycles. The van der Waals surface area contributed by atoms with E-state index in [1.807, 2.05) is 0 Å². The van der Waals surface area contributed by atoms with Gasteiger partial charge in [0, 0.05) is 18.9 Å². The van der Waals surface area contributed by atoms with Crippen LogP contribution in [0.3, 0.4) is 0 Å². The van der Waals surface area contributed by atoms with Crippen molar-refractivity contribution in [2.75, 3.05) is 17.7 Å². The Morgan fingerprint density at radius 2 is 2.23 bits per heavy atom. The molecule has 13 heavy (non-hydrogen) atoms. The van der Waals surface area contributed by atoms with Crippen molar-refractivity contribution in [3.8, 4) is 0 Å². The van der Waals surface area contributed by atoms with E-state index in [1.165, 1.54) is 6.26 Å². The summed E-state index contributed by atoms with van der Waals surface area (Å²) < 4.78 is 21.7. The number of nitrogens with zero attached hydrogens (tertiary/aromatic N) is 1. The van der Waals surface area contributed by atoms with Crippen LogP contribution in [0.5, 0.6) is 0 Å². The molecule has 0 atom stereocenters. The Morgan fingerprint density at radius 1 is 1.54 bits per heavy atom. The molecule has 0 saturated heterocycles. The Labute approximate surface area is 77.7 Å². The number of rotatable bonds is 3. The van der Waals surface area contributed by atoms with E-state index in [-0.39, 0.29) is 5.75 Å². The van der Waals surface area contributed by atoms with Crippen LogP contribution in [-0.2, 0) is 16.3 Å². The normalized spacial score (nSPS) is 11.5. The first-order chi connectivity index (χ1) is 5.99. The predicted molar refractivity (Wildman–Crippen MR) is 52.1 cm³/mol. The predicted octanol–water partition coefficient (Wildman–Crippen LogP) is 0.251. The maximum Gasteiger partial charge on any atom is 0.147 e. The Hall–Kier alpha value is -1.10. The van der Waals surface area contributed by atoms with Crippen LogP contribution in [0.25, 0.3) is 0 Å². The van der Waals surface area contributed by atoms with Crippen molar-refractivity contribution in [3.63, 3.8) is 0 Å². The third-order valence-electron chi connectivity index (χ3n) is 1.64. The van der Waals surface area contributed by atoms with E-state index >= 15 is 0 Å². The van der Waals surface area contributed by atoms with Crippen molar-refractivity contribution >= 4 is 15.5 Å².